The number of hydrogen-bond donors (Lipinski definition) is 0. The molecule has 6 heteroatoms. The van der Waals surface area contributed by atoms with Gasteiger partial charge in [-0.2, -0.15) is 0 Å². The zero-order valence-electron chi connectivity index (χ0n) is 29.9. The average molecular weight is 631 g/mol. The average Bonchev–Trinajstić information content (AvgIpc) is 3.04. The van der Waals surface area contributed by atoms with E-state index >= 15 is 0 Å². The first-order chi connectivity index (χ1) is 21.9. The quantitative estimate of drug-likeness (QED) is 0.0627. The standard InChI is InChI=1S/C38H78O6/c1-3-5-7-9-11-13-14-15-16-17-18-19-20-22-24-26-28-40-30-32-42-34-36-44-38-37-43-35-33-41-31-29-39-27-25-23-21-12-10-8-6-4-2/h3-38H2,1-2H3. The van der Waals surface area contributed by atoms with Crippen LogP contribution in [-0.4, -0.2) is 79.3 Å². The molecule has 0 aliphatic heterocycles. The van der Waals surface area contributed by atoms with E-state index in [4.69, 9.17) is 28.4 Å². The van der Waals surface area contributed by atoms with Crippen molar-refractivity contribution in [2.45, 2.75) is 168 Å². The molecule has 0 atom stereocenters. The normalized spacial score (nSPS) is 11.6. The fourth-order valence-corrected chi connectivity index (χ4v) is 5.29. The molecule has 0 amide bonds. The van der Waals surface area contributed by atoms with Crippen LogP contribution in [0.4, 0.5) is 0 Å². The summed E-state index contributed by atoms with van der Waals surface area (Å²) in [5, 5.41) is 0. The van der Waals surface area contributed by atoms with E-state index in [9.17, 15) is 0 Å². The van der Waals surface area contributed by atoms with Crippen molar-refractivity contribution >= 4 is 0 Å². The molecule has 0 rings (SSSR count). The minimum atomic E-state index is 0.584. The maximum Gasteiger partial charge on any atom is 0.0701 e. The van der Waals surface area contributed by atoms with Crippen molar-refractivity contribution in [3.63, 3.8) is 0 Å². The summed E-state index contributed by atoms with van der Waals surface area (Å²) < 4.78 is 33.6. The SMILES string of the molecule is CCCCCCCCCCCCCCCCCCOCCOCCOCCOCCOCCOCCCCCCCCCC. The third-order valence-electron chi connectivity index (χ3n) is 8.14. The van der Waals surface area contributed by atoms with Crippen LogP contribution in [0.1, 0.15) is 168 Å². The van der Waals surface area contributed by atoms with Crippen molar-refractivity contribution in [1.29, 1.82) is 0 Å². The van der Waals surface area contributed by atoms with Gasteiger partial charge in [-0.05, 0) is 12.8 Å². The summed E-state index contributed by atoms with van der Waals surface area (Å²) in [6.07, 6.45) is 33.0. The molecule has 0 radical (unpaired) electrons. The number of rotatable bonds is 41. The molecule has 0 N–H and O–H groups in total. The highest BCUT2D eigenvalue weighted by Gasteiger charge is 1.97. The van der Waals surface area contributed by atoms with Crippen LogP contribution in [-0.2, 0) is 28.4 Å². The summed E-state index contributed by atoms with van der Waals surface area (Å²) in [6, 6.07) is 0. The van der Waals surface area contributed by atoms with Crippen LogP contribution in [0.5, 0.6) is 0 Å². The third-order valence-corrected chi connectivity index (χ3v) is 8.14. The lowest BCUT2D eigenvalue weighted by Crippen LogP contribution is -2.14. The van der Waals surface area contributed by atoms with Crippen molar-refractivity contribution in [1.82, 2.24) is 0 Å². The Morgan fingerprint density at radius 1 is 0.182 bits per heavy atom. The summed E-state index contributed by atoms with van der Waals surface area (Å²) in [5.74, 6) is 0. The van der Waals surface area contributed by atoms with E-state index in [1.54, 1.807) is 0 Å². The first-order valence-electron chi connectivity index (χ1n) is 19.4. The largest absolute Gasteiger partial charge is 0.379 e. The van der Waals surface area contributed by atoms with E-state index in [0.29, 0.717) is 66.1 Å². The van der Waals surface area contributed by atoms with Crippen molar-refractivity contribution in [3.05, 3.63) is 0 Å². The van der Waals surface area contributed by atoms with Gasteiger partial charge in [-0.3, -0.25) is 0 Å². The van der Waals surface area contributed by atoms with Gasteiger partial charge in [-0.15, -0.1) is 0 Å². The third kappa shape index (κ3) is 41.8. The molecule has 0 bridgehead atoms. The Labute approximate surface area is 275 Å². The van der Waals surface area contributed by atoms with Crippen molar-refractivity contribution in [3.8, 4) is 0 Å². The second-order valence-corrected chi connectivity index (χ2v) is 12.5. The molecule has 0 aliphatic carbocycles. The number of hydrogen-bond acceptors (Lipinski definition) is 6. The van der Waals surface area contributed by atoms with Crippen molar-refractivity contribution in [2.75, 3.05) is 79.3 Å². The fraction of sp³-hybridized carbons (Fsp3) is 1.00. The second-order valence-electron chi connectivity index (χ2n) is 12.5. The van der Waals surface area contributed by atoms with E-state index in [2.05, 4.69) is 13.8 Å². The van der Waals surface area contributed by atoms with Crippen LogP contribution in [0.25, 0.3) is 0 Å². The zero-order chi connectivity index (χ0) is 31.7. The Hall–Kier alpha value is -0.240. The summed E-state index contributed by atoms with van der Waals surface area (Å²) >= 11 is 0. The van der Waals surface area contributed by atoms with Crippen molar-refractivity contribution < 1.29 is 28.4 Å². The Bertz CT molecular complexity index is 436. The maximum absolute atomic E-state index is 5.69. The minimum Gasteiger partial charge on any atom is -0.379 e. The van der Waals surface area contributed by atoms with Gasteiger partial charge < -0.3 is 28.4 Å². The Kier molecular flexibility index (Phi) is 42.5. The second kappa shape index (κ2) is 42.8. The molecule has 0 aromatic carbocycles. The molecular formula is C38H78O6. The number of ether oxygens (including phenoxy) is 6. The molecule has 0 aliphatic rings. The molecule has 0 fully saturated rings. The fourth-order valence-electron chi connectivity index (χ4n) is 5.29. The monoisotopic (exact) mass is 631 g/mol. The Balaban J connectivity index is 3.03. The van der Waals surface area contributed by atoms with Crippen molar-refractivity contribution in [2.24, 2.45) is 0 Å². The smallest absolute Gasteiger partial charge is 0.0701 e. The van der Waals surface area contributed by atoms with Gasteiger partial charge in [0.1, 0.15) is 0 Å². The van der Waals surface area contributed by atoms with Crippen LogP contribution in [0.2, 0.25) is 0 Å². The molecule has 0 saturated heterocycles. The highest BCUT2D eigenvalue weighted by Crippen LogP contribution is 2.14. The maximum atomic E-state index is 5.69. The predicted octanol–water partition coefficient (Wildman–Crippen LogP) is 10.5. The first kappa shape index (κ1) is 43.8. The van der Waals surface area contributed by atoms with E-state index in [0.717, 1.165) is 19.6 Å². The lowest BCUT2D eigenvalue weighted by molar-refractivity contribution is -0.0169. The molecule has 0 aromatic rings. The molecule has 44 heavy (non-hydrogen) atoms. The highest BCUT2D eigenvalue weighted by atomic mass is 16.6. The van der Waals surface area contributed by atoms with Gasteiger partial charge in [0.05, 0.1) is 66.1 Å². The minimum absolute atomic E-state index is 0.584. The van der Waals surface area contributed by atoms with E-state index in [1.807, 2.05) is 0 Å². The lowest BCUT2D eigenvalue weighted by atomic mass is 10.0. The topological polar surface area (TPSA) is 55.4 Å². The van der Waals surface area contributed by atoms with Gasteiger partial charge >= 0.3 is 0 Å². The van der Waals surface area contributed by atoms with Gasteiger partial charge in [0.15, 0.2) is 0 Å². The van der Waals surface area contributed by atoms with Crippen LogP contribution >= 0.6 is 0 Å². The molecule has 0 unspecified atom stereocenters. The Morgan fingerprint density at radius 3 is 0.545 bits per heavy atom. The van der Waals surface area contributed by atoms with Gasteiger partial charge in [0.25, 0.3) is 0 Å². The first-order valence-corrected chi connectivity index (χ1v) is 19.4. The van der Waals surface area contributed by atoms with Crippen LogP contribution in [0.3, 0.4) is 0 Å². The molecule has 0 saturated carbocycles. The predicted molar refractivity (Wildman–Crippen MR) is 187 cm³/mol. The van der Waals surface area contributed by atoms with Gasteiger partial charge in [-0.25, -0.2) is 0 Å². The Morgan fingerprint density at radius 2 is 0.341 bits per heavy atom. The van der Waals surface area contributed by atoms with Gasteiger partial charge in [-0.1, -0.05) is 155 Å². The van der Waals surface area contributed by atoms with Crippen LogP contribution in [0, 0.1) is 0 Å². The van der Waals surface area contributed by atoms with E-state index in [1.165, 1.54) is 148 Å². The summed E-state index contributed by atoms with van der Waals surface area (Å²) in [4.78, 5) is 0. The van der Waals surface area contributed by atoms with E-state index < -0.39 is 0 Å². The summed E-state index contributed by atoms with van der Waals surface area (Å²) in [5.41, 5.74) is 0. The molecule has 0 aromatic heterocycles. The van der Waals surface area contributed by atoms with E-state index in [-0.39, 0.29) is 0 Å². The lowest BCUT2D eigenvalue weighted by Gasteiger charge is -2.08. The molecule has 6 nitrogen and oxygen atoms in total. The zero-order valence-corrected chi connectivity index (χ0v) is 29.9. The summed E-state index contributed by atoms with van der Waals surface area (Å²) in [6.45, 7) is 12.4. The number of unbranched alkanes of at least 4 members (excludes halogenated alkanes) is 22. The molecule has 0 spiro atoms. The molecule has 0 heterocycles. The van der Waals surface area contributed by atoms with Crippen LogP contribution < -0.4 is 0 Å². The van der Waals surface area contributed by atoms with Crippen LogP contribution in [0.15, 0.2) is 0 Å². The molecular weight excluding hydrogens is 552 g/mol. The molecule has 266 valence electrons. The summed E-state index contributed by atoms with van der Waals surface area (Å²) in [7, 11) is 0. The van der Waals surface area contributed by atoms with Gasteiger partial charge in [0.2, 0.25) is 0 Å². The van der Waals surface area contributed by atoms with Gasteiger partial charge in [0, 0.05) is 13.2 Å². The highest BCUT2D eigenvalue weighted by molar-refractivity contribution is 4.50.